The van der Waals surface area contributed by atoms with E-state index < -0.39 is 23.6 Å². The largest absolute Gasteiger partial charge is 0.462 e. The van der Waals surface area contributed by atoms with Crippen molar-refractivity contribution in [3.8, 4) is 0 Å². The van der Waals surface area contributed by atoms with Gasteiger partial charge in [-0.05, 0) is 31.1 Å². The average molecular weight is 480 g/mol. The first-order chi connectivity index (χ1) is 16.8. The van der Waals surface area contributed by atoms with Gasteiger partial charge in [0.25, 0.3) is 0 Å². The third-order valence-electron chi connectivity index (χ3n) is 5.79. The highest BCUT2D eigenvalue weighted by molar-refractivity contribution is 5.81. The third-order valence-corrected chi connectivity index (χ3v) is 5.79. The second-order valence-corrected chi connectivity index (χ2v) is 8.89. The van der Waals surface area contributed by atoms with Crippen molar-refractivity contribution in [3.63, 3.8) is 0 Å². The third kappa shape index (κ3) is 7.53. The van der Waals surface area contributed by atoms with E-state index in [-0.39, 0.29) is 26.4 Å². The molecule has 1 saturated heterocycles. The predicted octanol–water partition coefficient (Wildman–Crippen LogP) is 4.35. The summed E-state index contributed by atoms with van der Waals surface area (Å²) in [5.74, 6) is -1.14. The molecule has 0 saturated carbocycles. The van der Waals surface area contributed by atoms with Gasteiger partial charge in [-0.25, -0.2) is 9.59 Å². The molecule has 0 unspecified atom stereocenters. The molecular formula is C28H33NO6. The van der Waals surface area contributed by atoms with Gasteiger partial charge in [0.2, 0.25) is 0 Å². The number of allylic oxidation sites excluding steroid dienone is 3. The highest BCUT2D eigenvalue weighted by Crippen LogP contribution is 2.33. The molecule has 0 bridgehead atoms. The molecule has 0 aliphatic carbocycles. The molecule has 7 heteroatoms. The molecule has 1 aromatic carbocycles. The van der Waals surface area contributed by atoms with Gasteiger partial charge >= 0.3 is 11.9 Å². The highest BCUT2D eigenvalue weighted by Gasteiger charge is 2.40. The molecule has 3 rings (SSSR count). The zero-order valence-corrected chi connectivity index (χ0v) is 20.4. The Morgan fingerprint density at radius 1 is 1.06 bits per heavy atom. The van der Waals surface area contributed by atoms with Crippen molar-refractivity contribution in [3.05, 3.63) is 90.7 Å². The minimum absolute atomic E-state index is 0.0298. The van der Waals surface area contributed by atoms with Gasteiger partial charge in [-0.15, -0.1) is 0 Å². The molecule has 0 spiro atoms. The van der Waals surface area contributed by atoms with Crippen LogP contribution in [0.3, 0.4) is 0 Å². The molecule has 0 radical (unpaired) electrons. The number of ether oxygens (including phenoxy) is 4. The molecule has 35 heavy (non-hydrogen) atoms. The Labute approximate surface area is 207 Å². The zero-order valence-electron chi connectivity index (χ0n) is 20.4. The maximum Gasteiger partial charge on any atom is 0.330 e. The Morgan fingerprint density at radius 2 is 1.66 bits per heavy atom. The van der Waals surface area contributed by atoms with Crippen molar-refractivity contribution in [2.75, 3.05) is 33.0 Å². The number of esters is 2. The number of carbonyl (C=O) groups is 2. The van der Waals surface area contributed by atoms with E-state index in [2.05, 4.69) is 62.4 Å². The van der Waals surface area contributed by atoms with Crippen molar-refractivity contribution < 1.29 is 28.5 Å². The van der Waals surface area contributed by atoms with Crippen LogP contribution in [0, 0.1) is 5.41 Å². The number of carbonyl (C=O) groups excluding carboxylic acids is 2. The number of benzene rings is 1. The predicted molar refractivity (Wildman–Crippen MR) is 134 cm³/mol. The Balaban J connectivity index is 1.58. The van der Waals surface area contributed by atoms with Gasteiger partial charge in [0.05, 0.1) is 18.6 Å². The van der Waals surface area contributed by atoms with E-state index in [0.717, 1.165) is 29.8 Å². The van der Waals surface area contributed by atoms with Crippen LogP contribution < -0.4 is 0 Å². The quantitative estimate of drug-likeness (QED) is 0.365. The second kappa shape index (κ2) is 12.3. The molecule has 2 aliphatic heterocycles. The van der Waals surface area contributed by atoms with E-state index >= 15 is 0 Å². The molecule has 2 heterocycles. The lowest BCUT2D eigenvalue weighted by atomic mass is 9.91. The van der Waals surface area contributed by atoms with Crippen LogP contribution in [0.15, 0.2) is 79.6 Å². The van der Waals surface area contributed by atoms with Crippen molar-refractivity contribution in [1.82, 2.24) is 4.90 Å². The summed E-state index contributed by atoms with van der Waals surface area (Å²) in [6, 6.07) is 8.41. The SMILES string of the molecule is C=CC(=O)OCC1(COC(=O)C=C)COC(c2ccc(C=CC3=CCN(C(C)C)C=C3)cc2)OC1. The van der Waals surface area contributed by atoms with Gasteiger partial charge in [0.15, 0.2) is 6.29 Å². The van der Waals surface area contributed by atoms with Crippen LogP contribution in [0.1, 0.15) is 31.3 Å². The fourth-order valence-corrected chi connectivity index (χ4v) is 3.55. The lowest BCUT2D eigenvalue weighted by molar-refractivity contribution is -0.251. The monoisotopic (exact) mass is 479 g/mol. The average Bonchev–Trinajstić information content (AvgIpc) is 2.90. The maximum absolute atomic E-state index is 11.5. The summed E-state index contributed by atoms with van der Waals surface area (Å²) in [5, 5.41) is 0. The van der Waals surface area contributed by atoms with E-state index in [1.54, 1.807) is 0 Å². The Kier molecular flexibility index (Phi) is 9.23. The minimum atomic E-state index is -0.817. The van der Waals surface area contributed by atoms with Crippen molar-refractivity contribution in [2.45, 2.75) is 26.2 Å². The molecule has 0 aromatic heterocycles. The molecule has 1 aromatic rings. The van der Waals surface area contributed by atoms with Crippen molar-refractivity contribution in [1.29, 1.82) is 0 Å². The van der Waals surface area contributed by atoms with Crippen LogP contribution in [0.5, 0.6) is 0 Å². The van der Waals surface area contributed by atoms with Crippen molar-refractivity contribution in [2.24, 2.45) is 5.41 Å². The summed E-state index contributed by atoms with van der Waals surface area (Å²) in [4.78, 5) is 25.4. The smallest absolute Gasteiger partial charge is 0.330 e. The first kappa shape index (κ1) is 26.2. The fourth-order valence-electron chi connectivity index (χ4n) is 3.55. The first-order valence-electron chi connectivity index (χ1n) is 11.6. The molecule has 7 nitrogen and oxygen atoms in total. The van der Waals surface area contributed by atoms with E-state index in [1.165, 1.54) is 5.57 Å². The summed E-state index contributed by atoms with van der Waals surface area (Å²) in [7, 11) is 0. The molecule has 0 N–H and O–H groups in total. The Bertz CT molecular complexity index is 971. The molecule has 2 aliphatic rings. The van der Waals surface area contributed by atoms with Crippen LogP contribution in [-0.4, -0.2) is 55.9 Å². The zero-order chi connectivity index (χ0) is 25.3. The highest BCUT2D eigenvalue weighted by atomic mass is 16.7. The Morgan fingerprint density at radius 3 is 2.14 bits per heavy atom. The fraction of sp³-hybridized carbons (Fsp3) is 0.357. The van der Waals surface area contributed by atoms with E-state index in [9.17, 15) is 9.59 Å². The van der Waals surface area contributed by atoms with E-state index in [0.29, 0.717) is 6.04 Å². The molecule has 186 valence electrons. The van der Waals surface area contributed by atoms with Gasteiger partial charge in [-0.2, -0.15) is 0 Å². The van der Waals surface area contributed by atoms with E-state index in [1.807, 2.05) is 24.3 Å². The summed E-state index contributed by atoms with van der Waals surface area (Å²) in [6.45, 7) is 12.4. The minimum Gasteiger partial charge on any atom is -0.462 e. The summed E-state index contributed by atoms with van der Waals surface area (Å²) >= 11 is 0. The van der Waals surface area contributed by atoms with Gasteiger partial charge in [0, 0.05) is 36.5 Å². The van der Waals surface area contributed by atoms with Gasteiger partial charge in [0.1, 0.15) is 13.2 Å². The van der Waals surface area contributed by atoms with Crippen LogP contribution in [-0.2, 0) is 28.5 Å². The molecule has 0 amide bonds. The van der Waals surface area contributed by atoms with Gasteiger partial charge in [-0.1, -0.05) is 55.7 Å². The summed E-state index contributed by atoms with van der Waals surface area (Å²) < 4.78 is 22.3. The van der Waals surface area contributed by atoms with Crippen LogP contribution in [0.4, 0.5) is 0 Å². The van der Waals surface area contributed by atoms with E-state index in [4.69, 9.17) is 18.9 Å². The topological polar surface area (TPSA) is 74.3 Å². The van der Waals surface area contributed by atoms with Gasteiger partial charge in [-0.3, -0.25) is 0 Å². The lowest BCUT2D eigenvalue weighted by Crippen LogP contribution is -2.46. The van der Waals surface area contributed by atoms with Crippen LogP contribution in [0.25, 0.3) is 6.08 Å². The molecular weight excluding hydrogens is 446 g/mol. The van der Waals surface area contributed by atoms with Gasteiger partial charge < -0.3 is 23.8 Å². The molecule has 1 fully saturated rings. The van der Waals surface area contributed by atoms with Crippen LogP contribution >= 0.6 is 0 Å². The normalized spacial score (nSPS) is 17.8. The number of hydrogen-bond acceptors (Lipinski definition) is 7. The first-order valence-corrected chi connectivity index (χ1v) is 11.6. The molecule has 0 atom stereocenters. The maximum atomic E-state index is 11.5. The second-order valence-electron chi connectivity index (χ2n) is 8.89. The Hall–Kier alpha value is -3.42. The number of rotatable bonds is 10. The summed E-state index contributed by atoms with van der Waals surface area (Å²) in [5.41, 5.74) is 2.29. The lowest BCUT2D eigenvalue weighted by Gasteiger charge is -2.38. The number of nitrogens with zero attached hydrogens (tertiary/aromatic N) is 1. The van der Waals surface area contributed by atoms with Crippen molar-refractivity contribution >= 4 is 18.0 Å². The van der Waals surface area contributed by atoms with Crippen LogP contribution in [0.2, 0.25) is 0 Å². The standard InChI is InChI=1S/C28H33NO6/c1-5-25(30)32-17-28(18-33-26(31)6-2)19-34-27(35-20-28)24-11-9-22(10-12-24)7-8-23-13-15-29(16-14-23)21(3)4/h5-15,21,27H,1-2,16-20H2,3-4H3. The number of hydrogen-bond donors (Lipinski definition) is 0. The summed E-state index contributed by atoms with van der Waals surface area (Å²) in [6.07, 6.45) is 12.2.